The maximum absolute atomic E-state index is 12.4. The lowest BCUT2D eigenvalue weighted by Crippen LogP contribution is -2.16. The number of aromatic nitrogens is 3. The van der Waals surface area contributed by atoms with Crippen LogP contribution in [-0.2, 0) is 10.0 Å². The van der Waals surface area contributed by atoms with E-state index in [4.69, 9.17) is 0 Å². The van der Waals surface area contributed by atoms with Crippen LogP contribution in [0.5, 0.6) is 0 Å². The number of benzene rings is 1. The van der Waals surface area contributed by atoms with Gasteiger partial charge in [0.2, 0.25) is 5.13 Å². The third kappa shape index (κ3) is 3.67. The van der Waals surface area contributed by atoms with Crippen LogP contribution in [-0.4, -0.2) is 29.8 Å². The fraction of sp³-hybridized carbons (Fsp3) is 0.417. The summed E-state index contributed by atoms with van der Waals surface area (Å²) in [5, 5.41) is 10.4. The summed E-state index contributed by atoms with van der Waals surface area (Å²) in [4.78, 5) is 0.264. The molecule has 114 valence electrons. The van der Waals surface area contributed by atoms with Crippen LogP contribution in [0, 0.1) is 13.8 Å². The molecule has 0 aliphatic heterocycles. The van der Waals surface area contributed by atoms with Crippen LogP contribution < -0.4 is 10.0 Å². The van der Waals surface area contributed by atoms with E-state index < -0.39 is 10.0 Å². The van der Waals surface area contributed by atoms with Crippen molar-refractivity contribution >= 4 is 32.4 Å². The van der Waals surface area contributed by atoms with Gasteiger partial charge in [-0.15, -0.1) is 0 Å². The van der Waals surface area contributed by atoms with Gasteiger partial charge in [-0.1, -0.05) is 16.5 Å². The van der Waals surface area contributed by atoms with Gasteiger partial charge in [0.25, 0.3) is 10.0 Å². The Morgan fingerprint density at radius 2 is 1.90 bits per heavy atom. The first-order valence-corrected chi connectivity index (χ1v) is 8.72. The van der Waals surface area contributed by atoms with Gasteiger partial charge in [-0.25, -0.2) is 8.42 Å². The Bertz CT molecular complexity index is 690. The number of sulfonamides is 1. The number of aryl methyl sites for hydroxylation is 2. The second kappa shape index (κ2) is 6.35. The third-order valence-electron chi connectivity index (χ3n) is 2.83. The van der Waals surface area contributed by atoms with E-state index in [9.17, 15) is 8.42 Å². The molecule has 0 fully saturated rings. The number of nitrogens with one attached hydrogen (secondary N) is 2. The number of hydrogen-bond acceptors (Lipinski definition) is 7. The van der Waals surface area contributed by atoms with E-state index in [1.165, 1.54) is 0 Å². The van der Waals surface area contributed by atoms with Gasteiger partial charge < -0.3 is 5.32 Å². The molecule has 2 N–H and O–H groups in total. The third-order valence-corrected chi connectivity index (χ3v) is 5.11. The summed E-state index contributed by atoms with van der Waals surface area (Å²) in [6.07, 6.45) is 1.00. The van der Waals surface area contributed by atoms with Gasteiger partial charge >= 0.3 is 0 Å². The maximum Gasteiger partial charge on any atom is 0.264 e. The summed E-state index contributed by atoms with van der Waals surface area (Å²) >= 11 is 0.896. The fourth-order valence-corrected chi connectivity index (χ4v) is 4.12. The predicted molar refractivity (Wildman–Crippen MR) is 83.2 cm³/mol. The standard InChI is InChI=1S/C12H17N5O2S2/c1-4-5-13-10-6-8(2)11(9(3)7-10)21(18,19)15-12-14-16-17-20-12/h6-7,13H,4-5H2,1-3H3,(H,14,15,17). The minimum atomic E-state index is -3.69. The Morgan fingerprint density at radius 1 is 1.24 bits per heavy atom. The number of anilines is 2. The van der Waals surface area contributed by atoms with Gasteiger partial charge in [0.05, 0.1) is 4.90 Å². The monoisotopic (exact) mass is 327 g/mol. The van der Waals surface area contributed by atoms with Crippen LogP contribution in [0.1, 0.15) is 24.5 Å². The lowest BCUT2D eigenvalue weighted by Gasteiger charge is -2.14. The van der Waals surface area contributed by atoms with E-state index in [1.807, 2.05) is 12.1 Å². The summed E-state index contributed by atoms with van der Waals surface area (Å²) in [6, 6.07) is 3.66. The average Bonchev–Trinajstić information content (AvgIpc) is 2.87. The van der Waals surface area contributed by atoms with Crippen LogP contribution in [0.4, 0.5) is 10.8 Å². The SMILES string of the molecule is CCCNc1cc(C)c(S(=O)(=O)Nc2nnns2)c(C)c1. The molecule has 9 heteroatoms. The zero-order chi connectivity index (χ0) is 15.5. The number of rotatable bonds is 6. The number of nitrogens with zero attached hydrogens (tertiary/aromatic N) is 3. The van der Waals surface area contributed by atoms with Crippen LogP contribution in [0.15, 0.2) is 17.0 Å². The molecule has 0 unspecified atom stereocenters. The summed E-state index contributed by atoms with van der Waals surface area (Å²) in [6.45, 7) is 6.47. The minimum Gasteiger partial charge on any atom is -0.385 e. The summed E-state index contributed by atoms with van der Waals surface area (Å²) < 4.78 is 30.8. The van der Waals surface area contributed by atoms with E-state index in [0.29, 0.717) is 11.1 Å². The molecule has 0 amide bonds. The molecular weight excluding hydrogens is 310 g/mol. The van der Waals surface area contributed by atoms with Crippen LogP contribution in [0.3, 0.4) is 0 Å². The highest BCUT2D eigenvalue weighted by molar-refractivity contribution is 7.93. The summed E-state index contributed by atoms with van der Waals surface area (Å²) in [7, 11) is -3.69. The highest BCUT2D eigenvalue weighted by Gasteiger charge is 2.21. The molecule has 0 spiro atoms. The van der Waals surface area contributed by atoms with E-state index >= 15 is 0 Å². The van der Waals surface area contributed by atoms with Gasteiger partial charge in [-0.05, 0) is 48.7 Å². The van der Waals surface area contributed by atoms with E-state index in [-0.39, 0.29) is 10.0 Å². The van der Waals surface area contributed by atoms with E-state index in [1.54, 1.807) is 13.8 Å². The normalized spacial score (nSPS) is 11.4. The Balaban J connectivity index is 2.35. The lowest BCUT2D eigenvalue weighted by atomic mass is 10.1. The molecule has 0 saturated carbocycles. The van der Waals surface area contributed by atoms with Crippen molar-refractivity contribution < 1.29 is 8.42 Å². The highest BCUT2D eigenvalue weighted by atomic mass is 32.2. The highest BCUT2D eigenvalue weighted by Crippen LogP contribution is 2.26. The molecular formula is C12H17N5O2S2. The molecule has 1 aromatic heterocycles. The Kier molecular flexibility index (Phi) is 4.73. The molecule has 0 bridgehead atoms. The second-order valence-electron chi connectivity index (χ2n) is 4.64. The number of hydrogen-bond donors (Lipinski definition) is 2. The van der Waals surface area contributed by atoms with Crippen molar-refractivity contribution in [2.24, 2.45) is 0 Å². The molecule has 1 aromatic carbocycles. The van der Waals surface area contributed by atoms with Crippen molar-refractivity contribution in [1.82, 2.24) is 14.8 Å². The van der Waals surface area contributed by atoms with Gasteiger partial charge in [-0.2, -0.15) is 0 Å². The molecule has 0 aliphatic rings. The largest absolute Gasteiger partial charge is 0.385 e. The molecule has 7 nitrogen and oxygen atoms in total. The van der Waals surface area contributed by atoms with Crippen molar-refractivity contribution in [2.45, 2.75) is 32.1 Å². The quantitative estimate of drug-likeness (QED) is 0.844. The molecule has 0 radical (unpaired) electrons. The van der Waals surface area contributed by atoms with Crippen molar-refractivity contribution in [3.05, 3.63) is 23.3 Å². The maximum atomic E-state index is 12.4. The van der Waals surface area contributed by atoms with Crippen molar-refractivity contribution in [3.8, 4) is 0 Å². The zero-order valence-corrected chi connectivity index (χ0v) is 13.7. The molecule has 0 aliphatic carbocycles. The molecule has 0 saturated heterocycles. The molecule has 21 heavy (non-hydrogen) atoms. The Morgan fingerprint density at radius 3 is 2.43 bits per heavy atom. The first-order valence-electron chi connectivity index (χ1n) is 6.47. The van der Waals surface area contributed by atoms with Crippen LogP contribution in [0.25, 0.3) is 0 Å². The van der Waals surface area contributed by atoms with Crippen molar-refractivity contribution in [3.63, 3.8) is 0 Å². The van der Waals surface area contributed by atoms with Gasteiger partial charge in [0.1, 0.15) is 0 Å². The average molecular weight is 327 g/mol. The Hall–Kier alpha value is -1.74. The second-order valence-corrected chi connectivity index (χ2v) is 6.99. The molecule has 1 heterocycles. The van der Waals surface area contributed by atoms with Crippen LogP contribution in [0.2, 0.25) is 0 Å². The fourth-order valence-electron chi connectivity index (χ4n) is 2.08. The van der Waals surface area contributed by atoms with Crippen molar-refractivity contribution in [2.75, 3.05) is 16.6 Å². The van der Waals surface area contributed by atoms with Gasteiger partial charge in [0, 0.05) is 23.8 Å². The van der Waals surface area contributed by atoms with Gasteiger partial charge in [-0.3, -0.25) is 4.72 Å². The smallest absolute Gasteiger partial charge is 0.264 e. The topological polar surface area (TPSA) is 96.9 Å². The summed E-state index contributed by atoms with van der Waals surface area (Å²) in [5.74, 6) is 0. The molecule has 0 atom stereocenters. The first kappa shape index (κ1) is 15.6. The van der Waals surface area contributed by atoms with Crippen LogP contribution >= 0.6 is 11.5 Å². The van der Waals surface area contributed by atoms with Crippen molar-refractivity contribution in [1.29, 1.82) is 0 Å². The predicted octanol–water partition coefficient (Wildman–Crippen LogP) is 2.17. The zero-order valence-electron chi connectivity index (χ0n) is 12.0. The van der Waals surface area contributed by atoms with E-state index in [2.05, 4.69) is 31.8 Å². The lowest BCUT2D eigenvalue weighted by molar-refractivity contribution is 0.600. The summed E-state index contributed by atoms with van der Waals surface area (Å²) in [5.41, 5.74) is 2.28. The molecule has 2 rings (SSSR count). The van der Waals surface area contributed by atoms with E-state index in [0.717, 1.165) is 30.2 Å². The minimum absolute atomic E-state index is 0.155. The molecule has 2 aromatic rings. The first-order chi connectivity index (χ1) is 9.94. The van der Waals surface area contributed by atoms with Gasteiger partial charge in [0.15, 0.2) is 0 Å². The Labute approximate surface area is 128 Å².